The fraction of sp³-hybridized carbons (Fsp3) is 0.273. The molecule has 2 heterocycles. The maximum Gasteiger partial charge on any atom is 0.233 e. The van der Waals surface area contributed by atoms with Crippen LogP contribution < -0.4 is 10.1 Å². The van der Waals surface area contributed by atoms with Crippen LogP contribution in [0, 0.1) is 0 Å². The van der Waals surface area contributed by atoms with Crippen molar-refractivity contribution in [3.63, 3.8) is 0 Å². The molecule has 2 aromatic heterocycles. The van der Waals surface area contributed by atoms with E-state index in [1.54, 1.807) is 12.5 Å². The van der Waals surface area contributed by atoms with E-state index < -0.39 is 0 Å². The van der Waals surface area contributed by atoms with E-state index in [1.807, 2.05) is 19.1 Å². The zero-order chi connectivity index (χ0) is 12.1. The molecule has 0 radical (unpaired) electrons. The molecule has 0 saturated heterocycles. The number of hydrogen-bond donors (Lipinski definition) is 1. The monoisotopic (exact) mass is 297 g/mol. The van der Waals surface area contributed by atoms with Crippen molar-refractivity contribution in [3.8, 4) is 5.88 Å². The van der Waals surface area contributed by atoms with Gasteiger partial charge in [0.25, 0.3) is 0 Å². The number of aromatic nitrogens is 2. The molecule has 0 aliphatic carbocycles. The van der Waals surface area contributed by atoms with E-state index in [0.29, 0.717) is 22.9 Å². The smallest absolute Gasteiger partial charge is 0.233 e. The predicted molar refractivity (Wildman–Crippen MR) is 66.9 cm³/mol. The highest BCUT2D eigenvalue weighted by Crippen LogP contribution is 2.23. The third kappa shape index (κ3) is 3.20. The minimum absolute atomic E-state index is 0.341. The van der Waals surface area contributed by atoms with Crippen LogP contribution >= 0.6 is 15.9 Å². The second-order valence-corrected chi connectivity index (χ2v) is 4.10. The second kappa shape index (κ2) is 5.67. The molecule has 6 heteroatoms. The molecule has 1 N–H and O–H groups in total. The van der Waals surface area contributed by atoms with Gasteiger partial charge in [0, 0.05) is 6.54 Å². The number of nitrogens with one attached hydrogen (secondary N) is 1. The van der Waals surface area contributed by atoms with Gasteiger partial charge < -0.3 is 14.5 Å². The summed E-state index contributed by atoms with van der Waals surface area (Å²) >= 11 is 3.34. The lowest BCUT2D eigenvalue weighted by atomic mass is 10.5. The molecule has 0 unspecified atom stereocenters. The Hall–Kier alpha value is -1.56. The van der Waals surface area contributed by atoms with Gasteiger partial charge in [-0.3, -0.25) is 0 Å². The van der Waals surface area contributed by atoms with Crippen LogP contribution in [0.2, 0.25) is 0 Å². The van der Waals surface area contributed by atoms with Gasteiger partial charge in [0.15, 0.2) is 0 Å². The van der Waals surface area contributed by atoms with Crippen LogP contribution in [-0.2, 0) is 6.61 Å². The summed E-state index contributed by atoms with van der Waals surface area (Å²) in [4.78, 5) is 8.33. The van der Waals surface area contributed by atoms with E-state index >= 15 is 0 Å². The van der Waals surface area contributed by atoms with E-state index in [1.165, 1.54) is 0 Å². The zero-order valence-electron chi connectivity index (χ0n) is 9.31. The Labute approximate surface area is 107 Å². The van der Waals surface area contributed by atoms with Crippen molar-refractivity contribution in [1.29, 1.82) is 0 Å². The highest BCUT2D eigenvalue weighted by Gasteiger charge is 2.07. The number of ether oxygens (including phenoxy) is 1. The first-order chi connectivity index (χ1) is 8.29. The summed E-state index contributed by atoms with van der Waals surface area (Å²) in [7, 11) is 0. The lowest BCUT2D eigenvalue weighted by Gasteiger charge is -2.07. The molecule has 0 aliphatic rings. The molecule has 0 bridgehead atoms. The number of anilines is 1. The van der Waals surface area contributed by atoms with E-state index in [9.17, 15) is 0 Å². The van der Waals surface area contributed by atoms with Gasteiger partial charge in [0.05, 0.1) is 16.9 Å². The van der Waals surface area contributed by atoms with Gasteiger partial charge in [-0.2, -0.15) is 4.98 Å². The lowest BCUT2D eigenvalue weighted by molar-refractivity contribution is 0.259. The fourth-order valence-electron chi connectivity index (χ4n) is 1.23. The van der Waals surface area contributed by atoms with E-state index in [0.717, 1.165) is 12.3 Å². The molecule has 17 heavy (non-hydrogen) atoms. The van der Waals surface area contributed by atoms with Gasteiger partial charge >= 0.3 is 0 Å². The molecule has 0 fully saturated rings. The predicted octanol–water partition coefficient (Wildman–Crippen LogP) is 2.84. The summed E-state index contributed by atoms with van der Waals surface area (Å²) in [6.45, 7) is 3.09. The zero-order valence-corrected chi connectivity index (χ0v) is 10.9. The van der Waals surface area contributed by atoms with Crippen LogP contribution in [0.5, 0.6) is 5.88 Å². The van der Waals surface area contributed by atoms with E-state index in [4.69, 9.17) is 9.15 Å². The van der Waals surface area contributed by atoms with Gasteiger partial charge in [-0.25, -0.2) is 4.98 Å². The highest BCUT2D eigenvalue weighted by molar-refractivity contribution is 9.10. The third-order valence-electron chi connectivity index (χ3n) is 1.98. The van der Waals surface area contributed by atoms with Gasteiger partial charge in [0.1, 0.15) is 12.4 Å². The average Bonchev–Trinajstić information content (AvgIpc) is 2.83. The van der Waals surface area contributed by atoms with Crippen molar-refractivity contribution in [1.82, 2.24) is 9.97 Å². The van der Waals surface area contributed by atoms with Crippen molar-refractivity contribution in [2.24, 2.45) is 0 Å². The molecule has 0 saturated carbocycles. The van der Waals surface area contributed by atoms with Crippen molar-refractivity contribution in [2.45, 2.75) is 13.5 Å². The van der Waals surface area contributed by atoms with Gasteiger partial charge in [-0.15, -0.1) is 0 Å². The Balaban J connectivity index is 2.06. The maximum atomic E-state index is 5.54. The first kappa shape index (κ1) is 11.9. The Morgan fingerprint density at radius 1 is 1.53 bits per heavy atom. The summed E-state index contributed by atoms with van der Waals surface area (Å²) in [6, 6.07) is 3.66. The van der Waals surface area contributed by atoms with E-state index in [-0.39, 0.29) is 0 Å². The normalized spacial score (nSPS) is 10.2. The molecular weight excluding hydrogens is 286 g/mol. The van der Waals surface area contributed by atoms with E-state index in [2.05, 4.69) is 31.2 Å². The Kier molecular flexibility index (Phi) is 3.98. The van der Waals surface area contributed by atoms with Crippen LogP contribution in [-0.4, -0.2) is 16.5 Å². The first-order valence-corrected chi connectivity index (χ1v) is 6.00. The Bertz CT molecular complexity index is 474. The molecule has 90 valence electrons. The molecule has 0 aromatic carbocycles. The number of rotatable bonds is 5. The van der Waals surface area contributed by atoms with Crippen molar-refractivity contribution in [3.05, 3.63) is 34.8 Å². The average molecular weight is 298 g/mol. The minimum atomic E-state index is 0.341. The first-order valence-electron chi connectivity index (χ1n) is 5.21. The topological polar surface area (TPSA) is 60.2 Å². The van der Waals surface area contributed by atoms with Crippen LogP contribution in [0.4, 0.5) is 5.95 Å². The third-order valence-corrected chi connectivity index (χ3v) is 2.52. The Morgan fingerprint density at radius 2 is 2.41 bits per heavy atom. The summed E-state index contributed by atoms with van der Waals surface area (Å²) in [5.74, 6) is 1.79. The van der Waals surface area contributed by atoms with Crippen molar-refractivity contribution >= 4 is 21.9 Å². The summed E-state index contributed by atoms with van der Waals surface area (Å²) in [6.07, 6.45) is 3.26. The number of furan rings is 1. The number of nitrogens with zero attached hydrogens (tertiary/aromatic N) is 2. The fourth-order valence-corrected chi connectivity index (χ4v) is 1.54. The van der Waals surface area contributed by atoms with Crippen LogP contribution in [0.3, 0.4) is 0 Å². The molecule has 2 aromatic rings. The molecule has 5 nitrogen and oxygen atoms in total. The molecule has 0 amide bonds. The van der Waals surface area contributed by atoms with Crippen LogP contribution in [0.25, 0.3) is 0 Å². The lowest BCUT2D eigenvalue weighted by Crippen LogP contribution is -2.04. The summed E-state index contributed by atoms with van der Waals surface area (Å²) in [5, 5.41) is 3.02. The van der Waals surface area contributed by atoms with Gasteiger partial charge in [-0.05, 0) is 35.0 Å². The van der Waals surface area contributed by atoms with Gasteiger partial charge in [-0.1, -0.05) is 0 Å². The molecule has 0 spiro atoms. The van der Waals surface area contributed by atoms with Crippen LogP contribution in [0.1, 0.15) is 12.7 Å². The molecule has 0 atom stereocenters. The van der Waals surface area contributed by atoms with Gasteiger partial charge in [0.2, 0.25) is 11.8 Å². The highest BCUT2D eigenvalue weighted by atomic mass is 79.9. The standard InChI is InChI=1S/C11H12BrN3O2/c1-2-13-11-14-6-9(12)10(15-11)17-7-8-4-3-5-16-8/h3-6H,2,7H2,1H3,(H,13,14,15). The molecular formula is C11H12BrN3O2. The van der Waals surface area contributed by atoms with Crippen molar-refractivity contribution in [2.75, 3.05) is 11.9 Å². The Morgan fingerprint density at radius 3 is 3.12 bits per heavy atom. The summed E-state index contributed by atoms with van der Waals surface area (Å²) in [5.41, 5.74) is 0. The number of hydrogen-bond acceptors (Lipinski definition) is 5. The van der Waals surface area contributed by atoms with Crippen molar-refractivity contribution < 1.29 is 9.15 Å². The SMILES string of the molecule is CCNc1ncc(Br)c(OCc2ccco2)n1. The molecule has 2 rings (SSSR count). The maximum absolute atomic E-state index is 5.54. The molecule has 0 aliphatic heterocycles. The van der Waals surface area contributed by atoms with Crippen LogP contribution in [0.15, 0.2) is 33.5 Å². The number of halogens is 1. The summed E-state index contributed by atoms with van der Waals surface area (Å²) < 4.78 is 11.4. The second-order valence-electron chi connectivity index (χ2n) is 3.25. The quantitative estimate of drug-likeness (QED) is 0.919. The largest absolute Gasteiger partial charge is 0.469 e. The minimum Gasteiger partial charge on any atom is -0.469 e.